The maximum Gasteiger partial charge on any atom is 0.419 e. The first-order valence-corrected chi connectivity index (χ1v) is 14.3. The first-order valence-electron chi connectivity index (χ1n) is 12.5. The van der Waals surface area contributed by atoms with Crippen LogP contribution in [0.3, 0.4) is 0 Å². The second-order valence-corrected chi connectivity index (χ2v) is 11.5. The van der Waals surface area contributed by atoms with Crippen molar-refractivity contribution in [3.05, 3.63) is 71.2 Å². The summed E-state index contributed by atoms with van der Waals surface area (Å²) in [6.07, 6.45) is -1.02. The Morgan fingerprint density at radius 3 is 2.42 bits per heavy atom. The minimum absolute atomic E-state index is 0.0485. The van der Waals surface area contributed by atoms with Crippen molar-refractivity contribution in [1.82, 2.24) is 19.9 Å². The Bertz CT molecular complexity index is 1460. The van der Waals surface area contributed by atoms with Crippen LogP contribution in [-0.2, 0) is 29.0 Å². The summed E-state index contributed by atoms with van der Waals surface area (Å²) >= 11 is 0. The highest BCUT2D eigenvalue weighted by atomic mass is 32.2. The average molecular weight is 579 g/mol. The Morgan fingerprint density at radius 2 is 1.80 bits per heavy atom. The van der Waals surface area contributed by atoms with Crippen LogP contribution in [0.2, 0.25) is 0 Å². The van der Waals surface area contributed by atoms with E-state index in [4.69, 9.17) is 0 Å². The predicted molar refractivity (Wildman–Crippen MR) is 143 cm³/mol. The third-order valence-corrected chi connectivity index (χ3v) is 7.78. The van der Waals surface area contributed by atoms with Gasteiger partial charge in [-0.15, -0.1) is 0 Å². The standard InChI is InChI=1S/C26H29F3N6O4S/c1-34(40(2,38)39)23-17(4-3-13-30-23)7-10-22-21(26(27,28)29)16-31-25(33-22)32-19-8-5-18(6-9-19)24(37)35-14-11-20(36)12-15-35/h3-6,8-9,13,16,20,36H,7,10-12,14-15H2,1-2H3,(H,31,32,33). The van der Waals surface area contributed by atoms with Crippen LogP contribution in [0.5, 0.6) is 0 Å². The van der Waals surface area contributed by atoms with Crippen LogP contribution in [0.15, 0.2) is 48.8 Å². The first-order chi connectivity index (χ1) is 18.8. The van der Waals surface area contributed by atoms with Crippen molar-refractivity contribution in [3.8, 4) is 0 Å². The molecule has 0 spiro atoms. The van der Waals surface area contributed by atoms with Gasteiger partial charge >= 0.3 is 6.18 Å². The summed E-state index contributed by atoms with van der Waals surface area (Å²) in [5.74, 6) is -0.101. The smallest absolute Gasteiger partial charge is 0.393 e. The van der Waals surface area contributed by atoms with Gasteiger partial charge in [-0.2, -0.15) is 13.2 Å². The van der Waals surface area contributed by atoms with Crippen molar-refractivity contribution >= 4 is 33.4 Å². The quantitative estimate of drug-likeness (QED) is 0.416. The van der Waals surface area contributed by atoms with Crippen molar-refractivity contribution in [2.45, 2.75) is 38.0 Å². The molecule has 14 heteroatoms. The van der Waals surface area contributed by atoms with Gasteiger partial charge in [-0.3, -0.25) is 9.10 Å². The molecule has 2 N–H and O–H groups in total. The number of alkyl halides is 3. The van der Waals surface area contributed by atoms with E-state index >= 15 is 0 Å². The van der Waals surface area contributed by atoms with E-state index in [9.17, 15) is 31.5 Å². The average Bonchev–Trinajstić information content (AvgIpc) is 2.91. The number of halogens is 3. The molecule has 4 rings (SSSR count). The van der Waals surface area contributed by atoms with Crippen LogP contribution in [0.25, 0.3) is 0 Å². The summed E-state index contributed by atoms with van der Waals surface area (Å²) in [5.41, 5.74) is 0.108. The fraction of sp³-hybridized carbons (Fsp3) is 0.385. The van der Waals surface area contributed by atoms with Crippen LogP contribution >= 0.6 is 0 Å². The number of aromatic nitrogens is 3. The highest BCUT2D eigenvalue weighted by Crippen LogP contribution is 2.32. The Labute approximate surface area is 229 Å². The number of benzene rings is 1. The van der Waals surface area contributed by atoms with Gasteiger partial charge in [0.2, 0.25) is 16.0 Å². The number of carbonyl (C=O) groups excluding carboxylic acids is 1. The molecule has 10 nitrogen and oxygen atoms in total. The molecule has 3 aromatic rings. The third kappa shape index (κ3) is 7.04. The van der Waals surface area contributed by atoms with E-state index in [-0.39, 0.29) is 36.2 Å². The minimum atomic E-state index is -4.69. The highest BCUT2D eigenvalue weighted by Gasteiger charge is 2.35. The summed E-state index contributed by atoms with van der Waals surface area (Å²) in [7, 11) is -2.31. The van der Waals surface area contributed by atoms with E-state index in [0.29, 0.717) is 48.9 Å². The Kier molecular flexibility index (Phi) is 8.59. The second kappa shape index (κ2) is 11.8. The van der Waals surface area contributed by atoms with Crippen molar-refractivity contribution < 1.29 is 31.5 Å². The molecule has 1 aliphatic heterocycles. The zero-order valence-electron chi connectivity index (χ0n) is 21.9. The van der Waals surface area contributed by atoms with Gasteiger partial charge in [0, 0.05) is 43.8 Å². The molecule has 0 radical (unpaired) electrons. The van der Waals surface area contributed by atoms with E-state index < -0.39 is 27.9 Å². The number of aliphatic hydroxyl groups excluding tert-OH is 1. The number of carbonyl (C=O) groups is 1. The van der Waals surface area contributed by atoms with Gasteiger partial charge in [-0.1, -0.05) is 6.07 Å². The number of rotatable bonds is 8. The minimum Gasteiger partial charge on any atom is -0.393 e. The summed E-state index contributed by atoms with van der Waals surface area (Å²) in [6, 6.07) is 9.60. The fourth-order valence-corrected chi connectivity index (χ4v) is 4.78. The highest BCUT2D eigenvalue weighted by molar-refractivity contribution is 7.92. The number of piperidine rings is 1. The monoisotopic (exact) mass is 578 g/mol. The number of likely N-dealkylation sites (tertiary alicyclic amines) is 1. The van der Waals surface area contributed by atoms with Crippen LogP contribution in [0, 0.1) is 0 Å². The molecule has 214 valence electrons. The van der Waals surface area contributed by atoms with E-state index in [1.807, 2.05) is 0 Å². The van der Waals surface area contributed by atoms with Gasteiger partial charge in [0.25, 0.3) is 5.91 Å². The molecule has 1 fully saturated rings. The number of sulfonamides is 1. The predicted octanol–water partition coefficient (Wildman–Crippen LogP) is 3.41. The van der Waals surface area contributed by atoms with Crippen LogP contribution < -0.4 is 9.62 Å². The number of aliphatic hydroxyl groups is 1. The molecule has 3 heterocycles. The zero-order valence-corrected chi connectivity index (χ0v) is 22.7. The van der Waals surface area contributed by atoms with Crippen molar-refractivity contribution in [1.29, 1.82) is 0 Å². The number of hydrogen-bond acceptors (Lipinski definition) is 8. The molecule has 2 aromatic heterocycles. The summed E-state index contributed by atoms with van der Waals surface area (Å²) in [4.78, 5) is 26.4. The molecule has 1 aromatic carbocycles. The molecule has 0 atom stereocenters. The molecule has 1 amide bonds. The number of aryl methyl sites for hydroxylation is 2. The summed E-state index contributed by atoms with van der Waals surface area (Å²) in [5, 5.41) is 12.5. The number of nitrogens with zero attached hydrogens (tertiary/aromatic N) is 5. The van der Waals surface area contributed by atoms with Gasteiger partial charge in [0.05, 0.1) is 23.6 Å². The van der Waals surface area contributed by atoms with Crippen molar-refractivity contribution in [2.75, 3.05) is 36.0 Å². The van der Waals surface area contributed by atoms with Gasteiger partial charge in [0.15, 0.2) is 0 Å². The molecular formula is C26H29F3N6O4S. The molecular weight excluding hydrogens is 549 g/mol. The Morgan fingerprint density at radius 1 is 1.12 bits per heavy atom. The van der Waals surface area contributed by atoms with Gasteiger partial charge in [-0.05, 0) is 61.6 Å². The van der Waals surface area contributed by atoms with Crippen molar-refractivity contribution in [3.63, 3.8) is 0 Å². The van der Waals surface area contributed by atoms with E-state index in [0.717, 1.165) is 10.6 Å². The lowest BCUT2D eigenvalue weighted by molar-refractivity contribution is -0.138. The Hall–Kier alpha value is -3.78. The normalized spacial score (nSPS) is 14.7. The third-order valence-electron chi connectivity index (χ3n) is 6.61. The maximum atomic E-state index is 13.7. The molecule has 1 aliphatic rings. The largest absolute Gasteiger partial charge is 0.419 e. The number of pyridine rings is 1. The van der Waals surface area contributed by atoms with Crippen LogP contribution in [0.4, 0.5) is 30.6 Å². The molecule has 1 saturated heterocycles. The van der Waals surface area contributed by atoms with Gasteiger partial charge in [-0.25, -0.2) is 23.4 Å². The molecule has 0 bridgehead atoms. The number of anilines is 3. The topological polar surface area (TPSA) is 129 Å². The molecule has 0 aliphatic carbocycles. The maximum absolute atomic E-state index is 13.7. The second-order valence-electron chi connectivity index (χ2n) is 9.49. The number of nitrogens with one attached hydrogen (secondary N) is 1. The summed E-state index contributed by atoms with van der Waals surface area (Å²) < 4.78 is 66.2. The number of amides is 1. The lowest BCUT2D eigenvalue weighted by Crippen LogP contribution is -2.40. The summed E-state index contributed by atoms with van der Waals surface area (Å²) in [6.45, 7) is 0.931. The molecule has 0 saturated carbocycles. The SMILES string of the molecule is CN(c1ncccc1CCc1nc(Nc2ccc(C(=O)N3CCC(O)CC3)cc2)ncc1C(F)(F)F)S(C)(=O)=O. The van der Waals surface area contributed by atoms with Crippen molar-refractivity contribution in [2.24, 2.45) is 0 Å². The Balaban J connectivity index is 1.52. The van der Waals surface area contributed by atoms with E-state index in [1.54, 1.807) is 41.3 Å². The fourth-order valence-electron chi connectivity index (χ4n) is 4.30. The van der Waals surface area contributed by atoms with Gasteiger partial charge < -0.3 is 15.3 Å². The lowest BCUT2D eigenvalue weighted by atomic mass is 10.1. The van der Waals surface area contributed by atoms with Crippen LogP contribution in [0.1, 0.15) is 40.0 Å². The lowest BCUT2D eigenvalue weighted by Gasteiger charge is -2.29. The van der Waals surface area contributed by atoms with Gasteiger partial charge in [0.1, 0.15) is 5.82 Å². The molecule has 0 unspecified atom stereocenters. The van der Waals surface area contributed by atoms with E-state index in [2.05, 4.69) is 20.3 Å². The zero-order chi connectivity index (χ0) is 29.1. The van der Waals surface area contributed by atoms with E-state index in [1.165, 1.54) is 13.2 Å². The van der Waals surface area contributed by atoms with Crippen LogP contribution in [-0.4, -0.2) is 71.8 Å². The molecule has 40 heavy (non-hydrogen) atoms. The number of hydrogen-bond donors (Lipinski definition) is 2. The first kappa shape index (κ1) is 29.2.